The van der Waals surface area contributed by atoms with Crippen molar-refractivity contribution in [2.45, 2.75) is 25.8 Å². The van der Waals surface area contributed by atoms with E-state index >= 15 is 0 Å². The third-order valence-corrected chi connectivity index (χ3v) is 8.93. The second-order valence-corrected chi connectivity index (χ2v) is 11.4. The van der Waals surface area contributed by atoms with Gasteiger partial charge in [0, 0.05) is 17.2 Å². The van der Waals surface area contributed by atoms with Gasteiger partial charge in [-0.15, -0.1) is 0 Å². The van der Waals surface area contributed by atoms with Crippen LogP contribution >= 0.6 is 11.3 Å². The number of thiazole rings is 1. The summed E-state index contributed by atoms with van der Waals surface area (Å²) in [5, 5.41) is 11.4. The first-order chi connectivity index (χ1) is 20.4. The Hall–Kier alpha value is -4.95. The Morgan fingerprint density at radius 1 is 1.05 bits per heavy atom. The number of aryl methyl sites for hydroxylation is 2. The molecule has 3 aromatic carbocycles. The number of fused-ring (bicyclic) bond motifs is 3. The lowest BCUT2D eigenvalue weighted by atomic mass is 9.83. The molecule has 0 spiro atoms. The number of furan rings is 1. The average molecular weight is 574 g/mol. The lowest BCUT2D eigenvalue weighted by Crippen LogP contribution is -2.38. The molecule has 0 fully saturated rings. The molecule has 2 aliphatic rings. The summed E-state index contributed by atoms with van der Waals surface area (Å²) in [4.78, 5) is 31.1. The van der Waals surface area contributed by atoms with Gasteiger partial charge in [0.1, 0.15) is 17.3 Å². The lowest BCUT2D eigenvalue weighted by Gasteiger charge is -2.30. The second kappa shape index (κ2) is 10.2. The van der Waals surface area contributed by atoms with Gasteiger partial charge < -0.3 is 19.1 Å². The van der Waals surface area contributed by atoms with E-state index in [0.29, 0.717) is 26.4 Å². The molecule has 7 rings (SSSR count). The molecule has 1 aliphatic carbocycles. The Morgan fingerprint density at radius 3 is 2.64 bits per heavy atom. The summed E-state index contributed by atoms with van der Waals surface area (Å²) in [5.74, 6) is 0.505. The van der Waals surface area contributed by atoms with Gasteiger partial charge in [-0.1, -0.05) is 59.9 Å². The zero-order chi connectivity index (χ0) is 29.0. The highest BCUT2D eigenvalue weighted by atomic mass is 32.1. The second-order valence-electron chi connectivity index (χ2n) is 10.4. The van der Waals surface area contributed by atoms with Crippen molar-refractivity contribution in [1.82, 2.24) is 4.57 Å². The Bertz CT molecular complexity index is 2100. The van der Waals surface area contributed by atoms with Gasteiger partial charge in [0.2, 0.25) is 0 Å². The molecule has 1 atom stereocenters. The highest BCUT2D eigenvalue weighted by molar-refractivity contribution is 7.07. The maximum Gasteiger partial charge on any atom is 0.271 e. The molecule has 0 saturated heterocycles. The molecule has 7 nitrogen and oxygen atoms in total. The van der Waals surface area contributed by atoms with Crippen LogP contribution in [0.3, 0.4) is 0 Å². The molecular weight excluding hydrogens is 548 g/mol. The summed E-state index contributed by atoms with van der Waals surface area (Å²) in [7, 11) is 1.64. The maximum absolute atomic E-state index is 14.0. The molecule has 2 aromatic heterocycles. The van der Waals surface area contributed by atoms with Crippen molar-refractivity contribution < 1.29 is 19.1 Å². The molecule has 0 unspecified atom stereocenters. The van der Waals surface area contributed by atoms with Crippen LogP contribution in [-0.4, -0.2) is 17.6 Å². The number of allylic oxidation sites excluding steroid dienone is 1. The predicted molar refractivity (Wildman–Crippen MR) is 159 cm³/mol. The SMILES string of the molecule is COc1ccc([C@@H]2C3=C(N=c4s/c(=C/c5ccc(-c6cc(C(=O)[O-])ccc6C)o5)c(=O)n42)c2ccccc2CC3)cc1. The molecule has 0 radical (unpaired) electrons. The standard InChI is InChI=1S/C34H26N2O5S/c1-19-7-8-22(33(38)39)17-27(19)28-16-14-24(41-28)18-29-32(37)36-31(21-9-12-23(40-2)13-10-21)26-15-11-20-5-3-4-6-25(20)30(26)35-34(36)42-29/h3-10,12-14,16-18,31H,11,15H2,1-2H3,(H,38,39)/p-1/b29-18+/t31-/m1/s1. The molecule has 0 saturated carbocycles. The number of carbonyl (C=O) groups excluding carboxylic acids is 1. The number of ether oxygens (including phenoxy) is 1. The zero-order valence-electron chi connectivity index (χ0n) is 22.9. The summed E-state index contributed by atoms with van der Waals surface area (Å²) >= 11 is 1.33. The van der Waals surface area contributed by atoms with Crippen molar-refractivity contribution in [3.05, 3.63) is 138 Å². The number of hydrogen-bond donors (Lipinski definition) is 0. The van der Waals surface area contributed by atoms with Gasteiger partial charge >= 0.3 is 0 Å². The number of rotatable bonds is 5. The zero-order valence-corrected chi connectivity index (χ0v) is 23.7. The topological polar surface area (TPSA) is 96.9 Å². The summed E-state index contributed by atoms with van der Waals surface area (Å²) in [6.07, 6.45) is 3.42. The molecule has 0 amide bonds. The Balaban J connectivity index is 1.37. The molecule has 42 heavy (non-hydrogen) atoms. The van der Waals surface area contributed by atoms with E-state index in [1.54, 1.807) is 42.0 Å². The van der Waals surface area contributed by atoms with Gasteiger partial charge in [0.25, 0.3) is 5.56 Å². The van der Waals surface area contributed by atoms with Crippen molar-refractivity contribution in [3.8, 4) is 17.1 Å². The Labute approximate surface area is 245 Å². The smallest absolute Gasteiger partial charge is 0.271 e. The lowest BCUT2D eigenvalue weighted by molar-refractivity contribution is -0.255. The number of methoxy groups -OCH3 is 1. The monoisotopic (exact) mass is 573 g/mol. The summed E-state index contributed by atoms with van der Waals surface area (Å²) < 4.78 is 13.8. The highest BCUT2D eigenvalue weighted by Gasteiger charge is 2.32. The van der Waals surface area contributed by atoms with Crippen LogP contribution in [0.2, 0.25) is 0 Å². The Morgan fingerprint density at radius 2 is 1.86 bits per heavy atom. The minimum Gasteiger partial charge on any atom is -0.545 e. The van der Waals surface area contributed by atoms with Crippen molar-refractivity contribution in [2.75, 3.05) is 7.11 Å². The van der Waals surface area contributed by atoms with Crippen LogP contribution in [0.25, 0.3) is 23.1 Å². The minimum absolute atomic E-state index is 0.0749. The largest absolute Gasteiger partial charge is 0.545 e. The van der Waals surface area contributed by atoms with E-state index in [1.165, 1.54) is 23.0 Å². The maximum atomic E-state index is 14.0. The predicted octanol–water partition coefficient (Wildman–Crippen LogP) is 4.26. The number of hydrogen-bond acceptors (Lipinski definition) is 7. The van der Waals surface area contributed by atoms with Crippen LogP contribution in [0.1, 0.15) is 50.8 Å². The third kappa shape index (κ3) is 4.31. The summed E-state index contributed by atoms with van der Waals surface area (Å²) in [5.41, 5.74) is 6.89. The Kier molecular flexibility index (Phi) is 6.28. The first-order valence-corrected chi connectivity index (χ1v) is 14.4. The normalized spacial score (nSPS) is 16.0. The van der Waals surface area contributed by atoms with Crippen LogP contribution < -0.4 is 24.7 Å². The third-order valence-electron chi connectivity index (χ3n) is 7.94. The van der Waals surface area contributed by atoms with Crippen molar-refractivity contribution >= 4 is 29.1 Å². The quantitative estimate of drug-likeness (QED) is 0.313. The number of nitrogens with zero attached hydrogens (tertiary/aromatic N) is 2. The van der Waals surface area contributed by atoms with Gasteiger partial charge in [-0.25, -0.2) is 4.99 Å². The highest BCUT2D eigenvalue weighted by Crippen LogP contribution is 2.41. The van der Waals surface area contributed by atoms with Crippen LogP contribution in [0.15, 0.2) is 98.6 Å². The van der Waals surface area contributed by atoms with E-state index in [4.69, 9.17) is 14.1 Å². The molecule has 3 heterocycles. The summed E-state index contributed by atoms with van der Waals surface area (Å²) in [6, 6.07) is 24.2. The summed E-state index contributed by atoms with van der Waals surface area (Å²) in [6.45, 7) is 1.88. The van der Waals surface area contributed by atoms with Crippen LogP contribution in [0, 0.1) is 6.92 Å². The number of carbonyl (C=O) groups is 1. The van der Waals surface area contributed by atoms with Gasteiger partial charge in [0.15, 0.2) is 4.80 Å². The van der Waals surface area contributed by atoms with E-state index in [1.807, 2.05) is 37.3 Å². The number of carboxylic acids is 1. The average Bonchev–Trinajstić information content (AvgIpc) is 3.60. The number of carboxylic acid groups (broad SMARTS) is 1. The van der Waals surface area contributed by atoms with Crippen LogP contribution in [0.4, 0.5) is 0 Å². The molecule has 8 heteroatoms. The first kappa shape index (κ1) is 26.0. The fourth-order valence-electron chi connectivity index (χ4n) is 5.83. The molecule has 1 aliphatic heterocycles. The van der Waals surface area contributed by atoms with Gasteiger partial charge in [-0.3, -0.25) is 9.36 Å². The molecule has 0 N–H and O–H groups in total. The minimum atomic E-state index is -1.25. The number of benzene rings is 3. The molecule has 0 bridgehead atoms. The van der Waals surface area contributed by atoms with Crippen molar-refractivity contribution in [3.63, 3.8) is 0 Å². The van der Waals surface area contributed by atoms with Gasteiger partial charge in [0.05, 0.1) is 29.4 Å². The molecular formula is C34H25N2O5S-. The fraction of sp³-hybridized carbons (Fsp3) is 0.147. The number of aromatic nitrogens is 1. The van der Waals surface area contributed by atoms with Crippen molar-refractivity contribution in [1.29, 1.82) is 0 Å². The van der Waals surface area contributed by atoms with Crippen LogP contribution in [-0.2, 0) is 6.42 Å². The molecule has 5 aromatic rings. The van der Waals surface area contributed by atoms with Crippen molar-refractivity contribution in [2.24, 2.45) is 4.99 Å². The first-order valence-electron chi connectivity index (χ1n) is 13.6. The van der Waals surface area contributed by atoms with Gasteiger partial charge in [-0.2, -0.15) is 0 Å². The fourth-order valence-corrected chi connectivity index (χ4v) is 6.81. The van der Waals surface area contributed by atoms with Gasteiger partial charge in [-0.05, 0) is 77.9 Å². The van der Waals surface area contributed by atoms with E-state index in [2.05, 4.69) is 18.2 Å². The van der Waals surface area contributed by atoms with E-state index in [-0.39, 0.29) is 17.2 Å². The van der Waals surface area contributed by atoms with E-state index in [9.17, 15) is 14.7 Å². The van der Waals surface area contributed by atoms with Crippen LogP contribution in [0.5, 0.6) is 5.75 Å². The van der Waals surface area contributed by atoms with E-state index < -0.39 is 5.97 Å². The molecule has 208 valence electrons. The number of aromatic carboxylic acids is 1. The van der Waals surface area contributed by atoms with E-state index in [0.717, 1.165) is 46.6 Å².